The minimum absolute atomic E-state index is 0.0115. The Morgan fingerprint density at radius 2 is 1.79 bits per heavy atom. The largest absolute Gasteiger partial charge is 0.460 e. The number of carbonyl (C=O) groups excluding carboxylic acids is 1. The molecule has 2 aromatic rings. The second kappa shape index (κ2) is 8.34. The van der Waals surface area contributed by atoms with Gasteiger partial charge < -0.3 is 9.72 Å². The Kier molecular flexibility index (Phi) is 6.53. The SMILES string of the molecule is C=C[C@@H](CC(=O)OC(C)(C)C)Cc1ccc(-c2nc(C(C)(C)C)c(C)[nH]2)cc1. The van der Waals surface area contributed by atoms with Gasteiger partial charge in [-0.15, -0.1) is 6.58 Å². The smallest absolute Gasteiger partial charge is 0.306 e. The molecule has 1 heterocycles. The van der Waals surface area contributed by atoms with E-state index in [0.717, 1.165) is 34.8 Å². The second-order valence-electron chi connectivity index (χ2n) is 9.50. The standard InChI is InChI=1S/C24H34N2O2/c1-9-17(15-20(27)28-24(6,7)8)14-18-10-12-19(13-11-18)22-25-16(2)21(26-22)23(3,4)5/h9-13,17H,1,14-15H2,2-8H3,(H,25,26)/t17-/m1/s1. The number of ether oxygens (including phenoxy) is 1. The number of benzene rings is 1. The van der Waals surface area contributed by atoms with Crippen molar-refractivity contribution >= 4 is 5.97 Å². The molecule has 152 valence electrons. The van der Waals surface area contributed by atoms with Gasteiger partial charge in [0.2, 0.25) is 0 Å². The lowest BCUT2D eigenvalue weighted by Crippen LogP contribution is -2.25. The highest BCUT2D eigenvalue weighted by molar-refractivity contribution is 5.70. The molecule has 1 N–H and O–H groups in total. The van der Waals surface area contributed by atoms with E-state index < -0.39 is 5.60 Å². The number of H-pyrrole nitrogens is 1. The van der Waals surface area contributed by atoms with Gasteiger partial charge in [0.15, 0.2) is 0 Å². The van der Waals surface area contributed by atoms with Crippen molar-refractivity contribution in [1.29, 1.82) is 0 Å². The molecule has 0 aliphatic carbocycles. The van der Waals surface area contributed by atoms with Crippen molar-refractivity contribution in [2.24, 2.45) is 5.92 Å². The third kappa shape index (κ3) is 6.08. The molecule has 0 fully saturated rings. The van der Waals surface area contributed by atoms with Crippen LogP contribution in [0.1, 0.15) is 64.9 Å². The Hall–Kier alpha value is -2.36. The van der Waals surface area contributed by atoms with Crippen LogP contribution in [0.15, 0.2) is 36.9 Å². The van der Waals surface area contributed by atoms with Gasteiger partial charge >= 0.3 is 5.97 Å². The fourth-order valence-electron chi connectivity index (χ4n) is 3.26. The van der Waals surface area contributed by atoms with Gasteiger partial charge in [0.05, 0.1) is 12.1 Å². The molecule has 1 atom stereocenters. The quantitative estimate of drug-likeness (QED) is 0.510. The number of allylic oxidation sites excluding steroid dienone is 1. The van der Waals surface area contributed by atoms with Gasteiger partial charge in [-0.25, -0.2) is 4.98 Å². The Balaban J connectivity index is 2.08. The van der Waals surface area contributed by atoms with Crippen LogP contribution >= 0.6 is 0 Å². The summed E-state index contributed by atoms with van der Waals surface area (Å²) in [5, 5.41) is 0. The molecule has 0 saturated carbocycles. The Morgan fingerprint density at radius 1 is 1.18 bits per heavy atom. The Morgan fingerprint density at radius 3 is 2.25 bits per heavy atom. The minimum Gasteiger partial charge on any atom is -0.460 e. The van der Waals surface area contributed by atoms with E-state index in [0.29, 0.717) is 6.42 Å². The molecule has 1 aromatic carbocycles. The van der Waals surface area contributed by atoms with Gasteiger partial charge in [0.1, 0.15) is 11.4 Å². The highest BCUT2D eigenvalue weighted by Gasteiger charge is 2.22. The van der Waals surface area contributed by atoms with Crippen molar-refractivity contribution in [3.8, 4) is 11.4 Å². The monoisotopic (exact) mass is 382 g/mol. The predicted molar refractivity (Wildman–Crippen MR) is 115 cm³/mol. The molecule has 4 nitrogen and oxygen atoms in total. The molecule has 0 unspecified atom stereocenters. The number of hydrogen-bond donors (Lipinski definition) is 1. The minimum atomic E-state index is -0.461. The number of aryl methyl sites for hydroxylation is 1. The van der Waals surface area contributed by atoms with Crippen LogP contribution < -0.4 is 0 Å². The van der Waals surface area contributed by atoms with Gasteiger partial charge in [0.25, 0.3) is 0 Å². The van der Waals surface area contributed by atoms with Gasteiger partial charge in [-0.2, -0.15) is 0 Å². The van der Waals surface area contributed by atoms with Crippen molar-refractivity contribution in [3.05, 3.63) is 53.9 Å². The van der Waals surface area contributed by atoms with Crippen LogP contribution in [0.3, 0.4) is 0 Å². The zero-order chi connectivity index (χ0) is 21.1. The summed E-state index contributed by atoms with van der Waals surface area (Å²) >= 11 is 0. The number of aromatic amines is 1. The molecule has 1 aromatic heterocycles. The fraction of sp³-hybridized carbons (Fsp3) is 0.500. The molecule has 0 aliphatic heterocycles. The zero-order valence-corrected chi connectivity index (χ0v) is 18.3. The first-order chi connectivity index (χ1) is 12.9. The van der Waals surface area contributed by atoms with E-state index in [4.69, 9.17) is 9.72 Å². The number of rotatable bonds is 6. The molecule has 2 rings (SSSR count). The van der Waals surface area contributed by atoms with Crippen LogP contribution in [0.25, 0.3) is 11.4 Å². The average molecular weight is 383 g/mol. The molecule has 0 spiro atoms. The maximum absolute atomic E-state index is 12.1. The normalized spacial score (nSPS) is 13.2. The number of nitrogens with zero attached hydrogens (tertiary/aromatic N) is 1. The van der Waals surface area contributed by atoms with Gasteiger partial charge in [-0.05, 0) is 45.6 Å². The van der Waals surface area contributed by atoms with Crippen molar-refractivity contribution in [2.45, 2.75) is 72.3 Å². The number of nitrogens with one attached hydrogen (secondary N) is 1. The summed E-state index contributed by atoms with van der Waals surface area (Å²) < 4.78 is 5.43. The molecule has 4 heteroatoms. The second-order valence-corrected chi connectivity index (χ2v) is 9.50. The van der Waals surface area contributed by atoms with E-state index in [1.54, 1.807) is 0 Å². The molecule has 0 bridgehead atoms. The zero-order valence-electron chi connectivity index (χ0n) is 18.3. The maximum Gasteiger partial charge on any atom is 0.306 e. The Bertz CT molecular complexity index is 818. The summed E-state index contributed by atoms with van der Waals surface area (Å²) in [5.41, 5.74) is 3.97. The molecular weight excluding hydrogens is 348 g/mol. The summed E-state index contributed by atoms with van der Waals surface area (Å²) in [6, 6.07) is 8.34. The summed E-state index contributed by atoms with van der Waals surface area (Å²) in [4.78, 5) is 20.3. The summed E-state index contributed by atoms with van der Waals surface area (Å²) in [7, 11) is 0. The number of hydrogen-bond acceptors (Lipinski definition) is 3. The van der Waals surface area contributed by atoms with E-state index in [-0.39, 0.29) is 17.3 Å². The topological polar surface area (TPSA) is 55.0 Å². The van der Waals surface area contributed by atoms with Gasteiger partial charge in [-0.3, -0.25) is 4.79 Å². The van der Waals surface area contributed by atoms with Crippen LogP contribution in [0, 0.1) is 12.8 Å². The molecular formula is C24H34N2O2. The highest BCUT2D eigenvalue weighted by atomic mass is 16.6. The third-order valence-corrected chi connectivity index (χ3v) is 4.50. The van der Waals surface area contributed by atoms with Crippen molar-refractivity contribution in [3.63, 3.8) is 0 Å². The van der Waals surface area contributed by atoms with Crippen molar-refractivity contribution in [1.82, 2.24) is 9.97 Å². The highest BCUT2D eigenvalue weighted by Crippen LogP contribution is 2.27. The van der Waals surface area contributed by atoms with E-state index in [1.165, 1.54) is 0 Å². The van der Waals surface area contributed by atoms with Crippen LogP contribution in [0.4, 0.5) is 0 Å². The fourth-order valence-corrected chi connectivity index (χ4v) is 3.26. The summed E-state index contributed by atoms with van der Waals surface area (Å²) in [6.07, 6.45) is 2.94. The van der Waals surface area contributed by atoms with Crippen LogP contribution in [-0.4, -0.2) is 21.5 Å². The lowest BCUT2D eigenvalue weighted by molar-refractivity contribution is -0.155. The van der Waals surface area contributed by atoms with E-state index in [2.05, 4.69) is 63.5 Å². The van der Waals surface area contributed by atoms with Crippen LogP contribution in [0.5, 0.6) is 0 Å². The van der Waals surface area contributed by atoms with E-state index in [1.807, 2.05) is 26.8 Å². The molecule has 0 radical (unpaired) electrons. The number of imidazole rings is 1. The number of aromatic nitrogens is 2. The number of esters is 1. The molecule has 28 heavy (non-hydrogen) atoms. The first kappa shape index (κ1) is 21.9. The third-order valence-electron chi connectivity index (χ3n) is 4.50. The van der Waals surface area contributed by atoms with Gasteiger partial charge in [0, 0.05) is 16.7 Å². The first-order valence-corrected chi connectivity index (χ1v) is 9.90. The number of carbonyl (C=O) groups is 1. The maximum atomic E-state index is 12.1. The predicted octanol–water partition coefficient (Wildman–Crippen LogP) is 5.76. The molecule has 0 aliphatic rings. The van der Waals surface area contributed by atoms with E-state index >= 15 is 0 Å². The average Bonchev–Trinajstić information content (AvgIpc) is 2.95. The molecule has 0 amide bonds. The van der Waals surface area contributed by atoms with Crippen molar-refractivity contribution in [2.75, 3.05) is 0 Å². The van der Waals surface area contributed by atoms with E-state index in [9.17, 15) is 4.79 Å². The van der Waals surface area contributed by atoms with Crippen LogP contribution in [0.2, 0.25) is 0 Å². The van der Waals surface area contributed by atoms with Gasteiger partial charge in [-0.1, -0.05) is 51.1 Å². The lowest BCUT2D eigenvalue weighted by Gasteiger charge is -2.21. The Labute approximate surface area is 169 Å². The first-order valence-electron chi connectivity index (χ1n) is 9.90. The summed E-state index contributed by atoms with van der Waals surface area (Å²) in [5.74, 6) is 0.761. The summed E-state index contributed by atoms with van der Waals surface area (Å²) in [6.45, 7) is 18.1. The van der Waals surface area contributed by atoms with Crippen molar-refractivity contribution < 1.29 is 9.53 Å². The lowest BCUT2D eigenvalue weighted by atomic mass is 9.91. The van der Waals surface area contributed by atoms with Crippen LogP contribution in [-0.2, 0) is 21.4 Å². The molecule has 0 saturated heterocycles.